The minimum Gasteiger partial charge on any atom is -0.356 e. The van der Waals surface area contributed by atoms with Crippen molar-refractivity contribution in [3.05, 3.63) is 528 Å². The van der Waals surface area contributed by atoms with Crippen molar-refractivity contribution in [2.24, 2.45) is 0 Å². The summed E-state index contributed by atoms with van der Waals surface area (Å²) in [7, 11) is 0. The molecular formula is C128H90N6. The molecule has 0 saturated heterocycles. The Morgan fingerprint density at radius 1 is 0.119 bits per heavy atom. The Kier molecular flexibility index (Phi) is 21.7. The van der Waals surface area contributed by atoms with Crippen LogP contribution in [0.2, 0.25) is 0 Å². The van der Waals surface area contributed by atoms with E-state index in [9.17, 15) is 0 Å². The molecule has 0 unspecified atom stereocenters. The molecule has 6 nitrogen and oxygen atoms in total. The number of para-hydroxylation sites is 3. The van der Waals surface area contributed by atoms with Gasteiger partial charge in [0.15, 0.2) is 0 Å². The summed E-state index contributed by atoms with van der Waals surface area (Å²) in [5.41, 5.74) is 36.6. The first-order chi connectivity index (χ1) is 66.4. The smallest absolute Gasteiger partial charge is 0.0541 e. The van der Waals surface area contributed by atoms with Crippen LogP contribution < -0.4 is 16.0 Å². The maximum atomic E-state index is 3.52. The summed E-state index contributed by atoms with van der Waals surface area (Å²) in [5, 5.41) is 23.1. The van der Waals surface area contributed by atoms with Crippen molar-refractivity contribution in [3.8, 4) is 106 Å². The summed E-state index contributed by atoms with van der Waals surface area (Å²) in [6, 6.07) is 189. The Hall–Kier alpha value is -17.8. The summed E-state index contributed by atoms with van der Waals surface area (Å²) in [6.45, 7) is 0. The summed E-state index contributed by atoms with van der Waals surface area (Å²) >= 11 is 0. The molecule has 0 aliphatic carbocycles. The summed E-state index contributed by atoms with van der Waals surface area (Å²) in [4.78, 5) is 0. The minimum atomic E-state index is 1.06. The first-order valence-electron chi connectivity index (χ1n) is 45.8. The molecule has 0 atom stereocenters. The van der Waals surface area contributed by atoms with Crippen molar-refractivity contribution >= 4 is 121 Å². The monoisotopic (exact) mass is 1710 g/mol. The zero-order valence-corrected chi connectivity index (χ0v) is 73.6. The third-order valence-electron chi connectivity index (χ3n) is 25.9. The van der Waals surface area contributed by atoms with Gasteiger partial charge in [-0.05, 0) is 293 Å². The Morgan fingerprint density at radius 3 is 0.575 bits per heavy atom. The number of nitrogens with one attached hydrogen (secondary N) is 3. The van der Waals surface area contributed by atoms with Crippen molar-refractivity contribution < 1.29 is 0 Å². The van der Waals surface area contributed by atoms with Gasteiger partial charge in [0, 0.05) is 83.5 Å². The van der Waals surface area contributed by atoms with Gasteiger partial charge in [0.25, 0.3) is 0 Å². The van der Waals surface area contributed by atoms with Gasteiger partial charge in [-0.25, -0.2) is 0 Å². The van der Waals surface area contributed by atoms with Gasteiger partial charge in [-0.15, -0.1) is 0 Å². The van der Waals surface area contributed by atoms with Gasteiger partial charge in [0.2, 0.25) is 0 Å². The van der Waals surface area contributed by atoms with Crippen molar-refractivity contribution in [3.63, 3.8) is 0 Å². The highest BCUT2D eigenvalue weighted by Crippen LogP contribution is 2.45. The molecule has 632 valence electrons. The normalized spacial score (nSPS) is 11.3. The van der Waals surface area contributed by atoms with E-state index in [1.807, 2.05) is 54.6 Å². The van der Waals surface area contributed by atoms with Crippen LogP contribution in [0, 0.1) is 0 Å². The van der Waals surface area contributed by atoms with Crippen LogP contribution in [0.25, 0.3) is 193 Å². The van der Waals surface area contributed by atoms with Gasteiger partial charge in [-0.1, -0.05) is 346 Å². The third-order valence-corrected chi connectivity index (χ3v) is 25.9. The van der Waals surface area contributed by atoms with Gasteiger partial charge in [0.05, 0.1) is 33.1 Å². The summed E-state index contributed by atoms with van der Waals surface area (Å²) in [6.07, 6.45) is 0. The van der Waals surface area contributed by atoms with Crippen LogP contribution in [0.4, 0.5) is 34.1 Å². The van der Waals surface area contributed by atoms with E-state index in [-0.39, 0.29) is 0 Å². The zero-order valence-electron chi connectivity index (χ0n) is 73.6. The minimum absolute atomic E-state index is 1.06. The number of anilines is 6. The highest BCUT2D eigenvalue weighted by molar-refractivity contribution is 6.16. The van der Waals surface area contributed by atoms with Gasteiger partial charge in [-0.2, -0.15) is 0 Å². The standard InChI is InChI=1S/C48H34N2.C44H30N2.C36H26N2/c1-4-10-34(11-5-1)36-16-20-38(21-17-36)40-24-30-47-45(32-40)46-33-41(39-22-18-37(19-23-39)35-12-6-2-7-13-35)25-31-48(46)50(47)44-28-26-43(27-29-44)49-42-14-8-3-9-15-42;1-2-14-34(15-3-1)45-35-22-24-36(25-23-35)46-43-26-20-32(39-18-8-12-30-10-4-6-16-37(30)39)28-41(43)42-29-33(21-27-44(42)46)40-19-9-13-31-11-5-7-17-38(31)40;1-4-10-26(11-5-1)28-16-22-35-33(24-28)34-25-29(27-12-6-2-7-13-27)17-23-36(34)38(35)32-20-18-31(19-21-32)37-30-14-8-3-9-15-30/h1-33,49H;1-29,45H;1-25,37H. The van der Waals surface area contributed by atoms with Gasteiger partial charge in [0.1, 0.15) is 0 Å². The maximum absolute atomic E-state index is 3.52. The quantitative estimate of drug-likeness (QED) is 0.0852. The lowest BCUT2D eigenvalue weighted by Gasteiger charge is -2.12. The average molecular weight is 1710 g/mol. The second-order valence-corrected chi connectivity index (χ2v) is 34.2. The van der Waals surface area contributed by atoms with E-state index in [0.717, 1.165) is 51.2 Å². The van der Waals surface area contributed by atoms with E-state index in [2.05, 4.69) is 503 Å². The molecular weight excluding hydrogens is 1620 g/mol. The maximum Gasteiger partial charge on any atom is 0.0541 e. The molecule has 3 N–H and O–H groups in total. The van der Waals surface area contributed by atoms with Gasteiger partial charge in [-0.3, -0.25) is 0 Å². The predicted molar refractivity (Wildman–Crippen MR) is 570 cm³/mol. The largest absolute Gasteiger partial charge is 0.356 e. The second-order valence-electron chi connectivity index (χ2n) is 34.2. The highest BCUT2D eigenvalue weighted by atomic mass is 15.0. The number of rotatable bonds is 17. The number of aromatic nitrogens is 3. The highest BCUT2D eigenvalue weighted by Gasteiger charge is 2.21. The molecule has 25 aromatic rings. The Bertz CT molecular complexity index is 8150. The van der Waals surface area contributed by atoms with Gasteiger partial charge < -0.3 is 29.7 Å². The van der Waals surface area contributed by atoms with Crippen molar-refractivity contribution in [1.82, 2.24) is 13.7 Å². The van der Waals surface area contributed by atoms with E-state index in [1.165, 1.54) is 176 Å². The molecule has 0 radical (unpaired) electrons. The van der Waals surface area contributed by atoms with Crippen molar-refractivity contribution in [2.45, 2.75) is 0 Å². The topological polar surface area (TPSA) is 50.9 Å². The molecule has 0 spiro atoms. The van der Waals surface area contributed by atoms with Crippen LogP contribution in [0.1, 0.15) is 0 Å². The first-order valence-corrected chi connectivity index (χ1v) is 45.8. The number of nitrogens with zero attached hydrogens (tertiary/aromatic N) is 3. The number of fused-ring (bicyclic) bond motifs is 11. The van der Waals surface area contributed by atoms with Crippen molar-refractivity contribution in [1.29, 1.82) is 0 Å². The molecule has 3 heterocycles. The fourth-order valence-corrected chi connectivity index (χ4v) is 19.3. The summed E-state index contributed by atoms with van der Waals surface area (Å²) in [5.74, 6) is 0. The zero-order chi connectivity index (χ0) is 89.0. The van der Waals surface area contributed by atoms with E-state index in [1.54, 1.807) is 0 Å². The Morgan fingerprint density at radius 2 is 0.306 bits per heavy atom. The van der Waals surface area contributed by atoms with E-state index in [0.29, 0.717) is 0 Å². The van der Waals surface area contributed by atoms with Crippen molar-refractivity contribution in [2.75, 3.05) is 16.0 Å². The number of hydrogen-bond acceptors (Lipinski definition) is 3. The SMILES string of the molecule is c1ccc(Nc2ccc(-n3c4ccc(-c5ccc(-c6ccccc6)cc5)cc4c4cc(-c5ccc(-c6ccccc6)cc5)ccc43)cc2)cc1.c1ccc(Nc2ccc(-n3c4ccc(-c5cccc6ccccc56)cc4c4cc(-c5cccc6ccccc56)ccc43)cc2)cc1.c1ccc(Nc2ccc(-n3c4ccc(-c5ccccc5)cc4c4cc(-c5ccccc5)ccc43)cc2)cc1. The van der Waals surface area contributed by atoms with Crippen LogP contribution in [0.3, 0.4) is 0 Å². The third kappa shape index (κ3) is 16.2. The molecule has 3 aromatic heterocycles. The molecule has 0 amide bonds. The lowest BCUT2D eigenvalue weighted by molar-refractivity contribution is 1.18. The fourth-order valence-electron chi connectivity index (χ4n) is 19.3. The van der Waals surface area contributed by atoms with E-state index < -0.39 is 0 Å². The molecule has 25 rings (SSSR count). The van der Waals surface area contributed by atoms with Crippen LogP contribution in [0.15, 0.2) is 528 Å². The first kappa shape index (κ1) is 80.7. The number of benzene rings is 22. The molecule has 134 heavy (non-hydrogen) atoms. The van der Waals surface area contributed by atoms with Gasteiger partial charge >= 0.3 is 0 Å². The van der Waals surface area contributed by atoms with Crippen LogP contribution >= 0.6 is 0 Å². The molecule has 6 heteroatoms. The Balaban J connectivity index is 0.000000115. The molecule has 0 aliphatic heterocycles. The average Bonchev–Trinajstić information content (AvgIpc) is 1.60. The molecule has 0 aliphatic rings. The van der Waals surface area contributed by atoms with E-state index >= 15 is 0 Å². The second kappa shape index (κ2) is 36.0. The molecule has 0 fully saturated rings. The lowest BCUT2D eigenvalue weighted by Crippen LogP contribution is -1.95. The summed E-state index contributed by atoms with van der Waals surface area (Å²) < 4.78 is 7.17. The molecule has 0 saturated carbocycles. The molecule has 0 bridgehead atoms. The fraction of sp³-hybridized carbons (Fsp3) is 0. The predicted octanol–water partition coefficient (Wildman–Crippen LogP) is 35.2. The van der Waals surface area contributed by atoms with Crippen LogP contribution in [-0.4, -0.2) is 13.7 Å². The van der Waals surface area contributed by atoms with E-state index in [4.69, 9.17) is 0 Å². The van der Waals surface area contributed by atoms with Crippen LogP contribution in [0.5, 0.6) is 0 Å². The Labute approximate surface area is 779 Å². The van der Waals surface area contributed by atoms with Crippen LogP contribution in [-0.2, 0) is 0 Å². The molecule has 22 aromatic carbocycles. The lowest BCUT2D eigenvalue weighted by atomic mass is 9.95. The number of hydrogen-bond donors (Lipinski definition) is 3.